The van der Waals surface area contributed by atoms with Crippen LogP contribution < -0.4 is 5.32 Å². The summed E-state index contributed by atoms with van der Waals surface area (Å²) in [4.78, 5) is 15.6. The van der Waals surface area contributed by atoms with Crippen molar-refractivity contribution in [2.45, 2.75) is 13.0 Å². The normalized spacial score (nSPS) is 19.5. The minimum Gasteiger partial charge on any atom is -0.461 e. The lowest BCUT2D eigenvalue weighted by atomic mass is 10.3. The molecule has 7 heteroatoms. The number of aromatic nitrogens is 1. The van der Waals surface area contributed by atoms with E-state index in [1.54, 1.807) is 12.3 Å². The molecule has 1 N–H and O–H groups in total. The third kappa shape index (κ3) is 3.66. The van der Waals surface area contributed by atoms with Crippen molar-refractivity contribution in [2.24, 2.45) is 0 Å². The van der Waals surface area contributed by atoms with Gasteiger partial charge >= 0.3 is 5.97 Å². The van der Waals surface area contributed by atoms with Crippen LogP contribution in [0.3, 0.4) is 0 Å². The zero-order valence-corrected chi connectivity index (χ0v) is 11.0. The van der Waals surface area contributed by atoms with Gasteiger partial charge in [0.25, 0.3) is 0 Å². The Labute approximate surface area is 109 Å². The predicted octanol–water partition coefficient (Wildman–Crippen LogP) is 1.15. The highest BCUT2D eigenvalue weighted by molar-refractivity contribution is 7.13. The second-order valence-corrected chi connectivity index (χ2v) is 4.57. The van der Waals surface area contributed by atoms with Crippen molar-refractivity contribution in [3.8, 4) is 0 Å². The minimum absolute atomic E-state index is 0.0358. The molecule has 1 fully saturated rings. The highest BCUT2D eigenvalue weighted by Gasteiger charge is 2.16. The summed E-state index contributed by atoms with van der Waals surface area (Å²) in [5, 5.41) is 5.49. The van der Waals surface area contributed by atoms with E-state index in [-0.39, 0.29) is 12.1 Å². The fraction of sp³-hybridized carbons (Fsp3) is 0.636. The largest absolute Gasteiger partial charge is 0.461 e. The summed E-state index contributed by atoms with van der Waals surface area (Å²) >= 11 is 1.37. The Morgan fingerprint density at radius 3 is 3.28 bits per heavy atom. The summed E-state index contributed by atoms with van der Waals surface area (Å²) in [5.41, 5.74) is 0.338. The first kappa shape index (κ1) is 13.3. The zero-order valence-electron chi connectivity index (χ0n) is 10.2. The van der Waals surface area contributed by atoms with Crippen LogP contribution in [0.5, 0.6) is 0 Å². The van der Waals surface area contributed by atoms with Crippen LogP contribution in [0.1, 0.15) is 17.4 Å². The maximum Gasteiger partial charge on any atom is 0.357 e. The molecule has 0 aliphatic carbocycles. The van der Waals surface area contributed by atoms with Crippen LogP contribution in [0.2, 0.25) is 0 Å². The van der Waals surface area contributed by atoms with Crippen molar-refractivity contribution in [3.63, 3.8) is 0 Å². The van der Waals surface area contributed by atoms with Crippen LogP contribution in [0.4, 0.5) is 5.13 Å². The van der Waals surface area contributed by atoms with Crippen LogP contribution in [-0.2, 0) is 14.2 Å². The van der Waals surface area contributed by atoms with Gasteiger partial charge in [-0.15, -0.1) is 11.3 Å². The van der Waals surface area contributed by atoms with Gasteiger partial charge < -0.3 is 19.5 Å². The first-order chi connectivity index (χ1) is 8.79. The van der Waals surface area contributed by atoms with E-state index in [2.05, 4.69) is 10.3 Å². The van der Waals surface area contributed by atoms with Gasteiger partial charge in [0, 0.05) is 11.9 Å². The monoisotopic (exact) mass is 272 g/mol. The molecule has 18 heavy (non-hydrogen) atoms. The number of rotatable bonds is 5. The summed E-state index contributed by atoms with van der Waals surface area (Å²) in [6, 6.07) is 0. The minimum atomic E-state index is -0.390. The first-order valence-electron chi connectivity index (χ1n) is 5.85. The highest BCUT2D eigenvalue weighted by atomic mass is 32.1. The molecule has 0 bridgehead atoms. The van der Waals surface area contributed by atoms with Crippen molar-refractivity contribution in [3.05, 3.63) is 11.1 Å². The molecular weight excluding hydrogens is 256 g/mol. The Morgan fingerprint density at radius 2 is 2.56 bits per heavy atom. The smallest absolute Gasteiger partial charge is 0.357 e. The molecule has 100 valence electrons. The molecule has 0 aromatic carbocycles. The van der Waals surface area contributed by atoms with Gasteiger partial charge in [-0.25, -0.2) is 9.78 Å². The van der Waals surface area contributed by atoms with Crippen LogP contribution in [0.15, 0.2) is 5.38 Å². The van der Waals surface area contributed by atoms with Gasteiger partial charge in [-0.05, 0) is 6.92 Å². The van der Waals surface area contributed by atoms with Gasteiger partial charge in [0.05, 0.1) is 32.5 Å². The van der Waals surface area contributed by atoms with Crippen molar-refractivity contribution in [1.82, 2.24) is 4.98 Å². The lowest BCUT2D eigenvalue weighted by molar-refractivity contribution is -0.0818. The summed E-state index contributed by atoms with van der Waals surface area (Å²) in [7, 11) is 0. The topological polar surface area (TPSA) is 69.7 Å². The van der Waals surface area contributed by atoms with E-state index in [0.29, 0.717) is 43.8 Å². The first-order valence-corrected chi connectivity index (χ1v) is 6.73. The molecule has 1 atom stereocenters. The maximum atomic E-state index is 11.4. The lowest BCUT2D eigenvalue weighted by Gasteiger charge is -2.22. The van der Waals surface area contributed by atoms with Gasteiger partial charge in [-0.1, -0.05) is 0 Å². The molecule has 1 aliphatic heterocycles. The number of carbonyl (C=O) groups is 1. The highest BCUT2D eigenvalue weighted by Crippen LogP contribution is 2.16. The Morgan fingerprint density at radius 1 is 1.67 bits per heavy atom. The molecule has 1 aromatic heterocycles. The molecule has 2 rings (SSSR count). The number of hydrogen-bond acceptors (Lipinski definition) is 7. The molecule has 1 saturated heterocycles. The number of nitrogens with one attached hydrogen (secondary N) is 1. The molecular formula is C11H16N2O4S. The Hall–Kier alpha value is -1.18. The van der Waals surface area contributed by atoms with Crippen LogP contribution in [0, 0.1) is 0 Å². The van der Waals surface area contributed by atoms with Crippen molar-refractivity contribution < 1.29 is 19.0 Å². The second kappa shape index (κ2) is 6.67. The number of esters is 1. The zero-order chi connectivity index (χ0) is 12.8. The van der Waals surface area contributed by atoms with E-state index >= 15 is 0 Å². The maximum absolute atomic E-state index is 11.4. The van der Waals surface area contributed by atoms with Gasteiger partial charge in [-0.2, -0.15) is 0 Å². The molecule has 1 aliphatic rings. The van der Waals surface area contributed by atoms with Crippen LogP contribution >= 0.6 is 11.3 Å². The van der Waals surface area contributed by atoms with E-state index < -0.39 is 0 Å². The number of carbonyl (C=O) groups excluding carboxylic acids is 1. The van der Waals surface area contributed by atoms with Crippen molar-refractivity contribution in [1.29, 1.82) is 0 Å². The van der Waals surface area contributed by atoms with Crippen LogP contribution in [0.25, 0.3) is 0 Å². The summed E-state index contributed by atoms with van der Waals surface area (Å²) in [6.07, 6.45) is 0.0358. The Balaban J connectivity index is 1.80. The molecule has 0 spiro atoms. The molecule has 1 aromatic rings. The Kier molecular flexibility index (Phi) is 4.91. The van der Waals surface area contributed by atoms with Crippen LogP contribution in [-0.4, -0.2) is 50.0 Å². The average molecular weight is 272 g/mol. The second-order valence-electron chi connectivity index (χ2n) is 3.71. The number of ether oxygens (including phenoxy) is 3. The average Bonchev–Trinajstić information content (AvgIpc) is 2.87. The third-order valence-electron chi connectivity index (χ3n) is 2.35. The molecule has 6 nitrogen and oxygen atoms in total. The fourth-order valence-corrected chi connectivity index (χ4v) is 2.20. The molecule has 2 heterocycles. The predicted molar refractivity (Wildman–Crippen MR) is 67.1 cm³/mol. The molecule has 0 amide bonds. The number of anilines is 1. The van der Waals surface area contributed by atoms with E-state index in [0.717, 1.165) is 0 Å². The molecule has 1 unspecified atom stereocenters. The van der Waals surface area contributed by atoms with E-state index in [9.17, 15) is 4.79 Å². The molecule has 0 saturated carbocycles. The fourth-order valence-electron chi connectivity index (χ4n) is 1.51. The lowest BCUT2D eigenvalue weighted by Crippen LogP contribution is -2.34. The van der Waals surface area contributed by atoms with Crippen molar-refractivity contribution >= 4 is 22.4 Å². The molecule has 0 radical (unpaired) electrons. The summed E-state index contributed by atoms with van der Waals surface area (Å²) in [6.45, 7) is 4.61. The SMILES string of the molecule is CCOC(=O)c1csc(NCC2COCCO2)n1. The van der Waals surface area contributed by atoms with E-state index in [1.807, 2.05) is 0 Å². The van der Waals surface area contributed by atoms with Crippen molar-refractivity contribution in [2.75, 3.05) is 38.3 Å². The summed E-state index contributed by atoms with van der Waals surface area (Å²) < 4.78 is 15.6. The van der Waals surface area contributed by atoms with Gasteiger partial charge in [0.2, 0.25) is 0 Å². The van der Waals surface area contributed by atoms with Gasteiger partial charge in [-0.3, -0.25) is 0 Å². The standard InChI is InChI=1S/C11H16N2O4S/c1-2-16-10(14)9-7-18-11(13-9)12-5-8-6-15-3-4-17-8/h7-8H,2-6H2,1H3,(H,12,13). The van der Waals surface area contributed by atoms with Gasteiger partial charge in [0.15, 0.2) is 10.8 Å². The number of thiazole rings is 1. The van der Waals surface area contributed by atoms with E-state index in [1.165, 1.54) is 11.3 Å². The third-order valence-corrected chi connectivity index (χ3v) is 3.15. The summed E-state index contributed by atoms with van der Waals surface area (Å²) in [5.74, 6) is -0.390. The number of hydrogen-bond donors (Lipinski definition) is 1. The number of nitrogens with zero attached hydrogens (tertiary/aromatic N) is 1. The quantitative estimate of drug-likeness (QED) is 0.811. The van der Waals surface area contributed by atoms with E-state index in [4.69, 9.17) is 14.2 Å². The Bertz CT molecular complexity index is 390. The van der Waals surface area contributed by atoms with Gasteiger partial charge in [0.1, 0.15) is 0 Å².